The largest absolute Gasteiger partial charge is 0.452 e. The Hall–Kier alpha value is -1.81. The smallest absolute Gasteiger partial charge is 0.331 e. The molecule has 4 nitrogen and oxygen atoms in total. The maximum atomic E-state index is 11.5. The normalized spacial score (nSPS) is 14.3. The van der Waals surface area contributed by atoms with Gasteiger partial charge in [0.05, 0.1) is 0 Å². The summed E-state index contributed by atoms with van der Waals surface area (Å²) in [6.07, 6.45) is 4.90. The van der Waals surface area contributed by atoms with E-state index in [-0.39, 0.29) is 18.6 Å². The fourth-order valence-corrected chi connectivity index (χ4v) is 1.75. The third-order valence-corrected chi connectivity index (χ3v) is 3.30. The number of esters is 1. The van der Waals surface area contributed by atoms with Crippen LogP contribution in [0.15, 0.2) is 24.3 Å². The number of carbonyl (C=O) groups is 2. The van der Waals surface area contributed by atoms with Crippen molar-refractivity contribution in [3.8, 4) is 0 Å². The van der Waals surface area contributed by atoms with Gasteiger partial charge in [0.25, 0.3) is 5.91 Å². The molecule has 0 aliphatic heterocycles. The van der Waals surface area contributed by atoms with Gasteiger partial charge in [-0.1, -0.05) is 23.7 Å². The first kappa shape index (κ1) is 14.6. The number of carbonyl (C=O) groups excluding carboxylic acids is 2. The quantitative estimate of drug-likeness (QED) is 0.670. The van der Waals surface area contributed by atoms with E-state index in [2.05, 4.69) is 5.32 Å². The standard InChI is InChI=1S/C15H16ClNO3/c1-10-2-3-11(8-13(10)16)4-7-15(19)20-9-14(18)17-12-5-6-12/h2-4,7-8,12H,5-6,9H2,1H3,(H,17,18)/b7-4+. The monoisotopic (exact) mass is 293 g/mol. The molecule has 0 saturated heterocycles. The SMILES string of the molecule is Cc1ccc(/C=C/C(=O)OCC(=O)NC2CC2)cc1Cl. The second-order valence-electron chi connectivity index (χ2n) is 4.79. The molecule has 20 heavy (non-hydrogen) atoms. The van der Waals surface area contributed by atoms with Crippen LogP contribution in [0.4, 0.5) is 0 Å². The Morgan fingerprint density at radius 2 is 2.20 bits per heavy atom. The summed E-state index contributed by atoms with van der Waals surface area (Å²) in [6.45, 7) is 1.66. The number of ether oxygens (including phenoxy) is 1. The second-order valence-corrected chi connectivity index (χ2v) is 5.20. The zero-order chi connectivity index (χ0) is 14.5. The van der Waals surface area contributed by atoms with Gasteiger partial charge in [0.2, 0.25) is 0 Å². The van der Waals surface area contributed by atoms with E-state index in [1.54, 1.807) is 12.1 Å². The van der Waals surface area contributed by atoms with Gasteiger partial charge in [0, 0.05) is 17.1 Å². The first-order valence-electron chi connectivity index (χ1n) is 6.45. The van der Waals surface area contributed by atoms with Crippen LogP contribution in [0.5, 0.6) is 0 Å². The molecule has 106 valence electrons. The summed E-state index contributed by atoms with van der Waals surface area (Å²) in [5.74, 6) is -0.805. The second kappa shape index (κ2) is 6.57. The van der Waals surface area contributed by atoms with Crippen LogP contribution in [0.25, 0.3) is 6.08 Å². The molecule has 5 heteroatoms. The van der Waals surface area contributed by atoms with Gasteiger partial charge in [-0.25, -0.2) is 4.79 Å². The van der Waals surface area contributed by atoms with E-state index in [0.29, 0.717) is 5.02 Å². The van der Waals surface area contributed by atoms with Gasteiger partial charge in [0.15, 0.2) is 6.61 Å². The van der Waals surface area contributed by atoms with Crippen LogP contribution in [0, 0.1) is 6.92 Å². The number of rotatable bonds is 5. The van der Waals surface area contributed by atoms with Crippen molar-refractivity contribution in [1.29, 1.82) is 0 Å². The van der Waals surface area contributed by atoms with Gasteiger partial charge in [0.1, 0.15) is 0 Å². The summed E-state index contributed by atoms with van der Waals surface area (Å²) in [5, 5.41) is 3.38. The van der Waals surface area contributed by atoms with E-state index >= 15 is 0 Å². The maximum absolute atomic E-state index is 11.5. The number of benzene rings is 1. The van der Waals surface area contributed by atoms with E-state index in [0.717, 1.165) is 24.0 Å². The predicted molar refractivity (Wildman–Crippen MR) is 77.3 cm³/mol. The lowest BCUT2D eigenvalue weighted by Gasteiger charge is -2.03. The van der Waals surface area contributed by atoms with Gasteiger partial charge in [-0.15, -0.1) is 0 Å². The van der Waals surface area contributed by atoms with Crippen molar-refractivity contribution in [2.45, 2.75) is 25.8 Å². The zero-order valence-corrected chi connectivity index (χ0v) is 11.9. The number of nitrogens with one attached hydrogen (secondary N) is 1. The van der Waals surface area contributed by atoms with E-state index in [1.165, 1.54) is 6.08 Å². The summed E-state index contributed by atoms with van der Waals surface area (Å²) in [7, 11) is 0. The Balaban J connectivity index is 1.79. The van der Waals surface area contributed by atoms with E-state index in [9.17, 15) is 9.59 Å². The average molecular weight is 294 g/mol. The van der Waals surface area contributed by atoms with Crippen LogP contribution in [0.3, 0.4) is 0 Å². The van der Waals surface area contributed by atoms with E-state index < -0.39 is 5.97 Å². The number of halogens is 1. The summed E-state index contributed by atoms with van der Waals surface area (Å²) in [5.41, 5.74) is 1.78. The molecule has 0 spiro atoms. The highest BCUT2D eigenvalue weighted by molar-refractivity contribution is 6.31. The fourth-order valence-electron chi connectivity index (χ4n) is 1.56. The van der Waals surface area contributed by atoms with Gasteiger partial charge < -0.3 is 10.1 Å². The average Bonchev–Trinajstić information content (AvgIpc) is 3.21. The van der Waals surface area contributed by atoms with Gasteiger partial charge in [-0.2, -0.15) is 0 Å². The Morgan fingerprint density at radius 3 is 2.85 bits per heavy atom. The molecule has 1 saturated carbocycles. The van der Waals surface area contributed by atoms with E-state index in [1.807, 2.05) is 19.1 Å². The predicted octanol–water partition coefficient (Wildman–Crippen LogP) is 2.48. The molecule has 0 bridgehead atoms. The van der Waals surface area contributed by atoms with Crippen molar-refractivity contribution >= 4 is 29.6 Å². The van der Waals surface area contributed by atoms with Crippen LogP contribution >= 0.6 is 11.6 Å². The summed E-state index contributed by atoms with van der Waals surface area (Å²) < 4.78 is 4.84. The lowest BCUT2D eigenvalue weighted by Crippen LogP contribution is -2.30. The zero-order valence-electron chi connectivity index (χ0n) is 11.2. The first-order valence-corrected chi connectivity index (χ1v) is 6.83. The third-order valence-electron chi connectivity index (χ3n) is 2.90. The Kier molecular flexibility index (Phi) is 4.79. The molecular formula is C15H16ClNO3. The molecule has 0 unspecified atom stereocenters. The van der Waals surface area contributed by atoms with Gasteiger partial charge in [-0.05, 0) is 43.0 Å². The molecule has 0 atom stereocenters. The Bertz CT molecular complexity index is 550. The molecule has 2 rings (SSSR count). The fraction of sp³-hybridized carbons (Fsp3) is 0.333. The summed E-state index contributed by atoms with van der Waals surface area (Å²) in [6, 6.07) is 5.76. The molecule has 1 fully saturated rings. The summed E-state index contributed by atoms with van der Waals surface area (Å²) in [4.78, 5) is 22.8. The Labute approximate surface area is 122 Å². The van der Waals surface area contributed by atoms with Crippen molar-refractivity contribution in [3.63, 3.8) is 0 Å². The Morgan fingerprint density at radius 1 is 1.45 bits per heavy atom. The summed E-state index contributed by atoms with van der Waals surface area (Å²) >= 11 is 5.98. The number of hydrogen-bond donors (Lipinski definition) is 1. The molecule has 0 aromatic heterocycles. The highest BCUT2D eigenvalue weighted by Crippen LogP contribution is 2.18. The van der Waals surface area contributed by atoms with Gasteiger partial charge in [-0.3, -0.25) is 4.79 Å². The minimum atomic E-state index is -0.548. The first-order chi connectivity index (χ1) is 9.54. The topological polar surface area (TPSA) is 55.4 Å². The molecule has 1 aliphatic carbocycles. The molecule has 1 aliphatic rings. The number of amides is 1. The van der Waals surface area contributed by atoms with Crippen LogP contribution in [-0.2, 0) is 14.3 Å². The highest BCUT2D eigenvalue weighted by Gasteiger charge is 2.23. The van der Waals surface area contributed by atoms with Crippen LogP contribution in [0.1, 0.15) is 24.0 Å². The minimum absolute atomic E-state index is 0.242. The van der Waals surface area contributed by atoms with E-state index in [4.69, 9.17) is 16.3 Å². The third kappa shape index (κ3) is 4.70. The number of hydrogen-bond acceptors (Lipinski definition) is 3. The lowest BCUT2D eigenvalue weighted by molar-refractivity contribution is -0.143. The maximum Gasteiger partial charge on any atom is 0.331 e. The molecule has 1 aromatic carbocycles. The van der Waals surface area contributed by atoms with Crippen molar-refractivity contribution in [2.24, 2.45) is 0 Å². The molecule has 1 aromatic rings. The highest BCUT2D eigenvalue weighted by atomic mass is 35.5. The van der Waals surface area contributed by atoms with Crippen LogP contribution < -0.4 is 5.32 Å². The molecule has 1 amide bonds. The molecule has 0 radical (unpaired) electrons. The van der Waals surface area contributed by atoms with Gasteiger partial charge >= 0.3 is 5.97 Å². The van der Waals surface area contributed by atoms with Crippen molar-refractivity contribution < 1.29 is 14.3 Å². The minimum Gasteiger partial charge on any atom is -0.452 e. The molecule has 1 N–H and O–H groups in total. The van der Waals surface area contributed by atoms with Crippen molar-refractivity contribution in [2.75, 3.05) is 6.61 Å². The lowest BCUT2D eigenvalue weighted by atomic mass is 10.1. The van der Waals surface area contributed by atoms with Crippen molar-refractivity contribution in [3.05, 3.63) is 40.4 Å². The molecular weight excluding hydrogens is 278 g/mol. The van der Waals surface area contributed by atoms with Crippen LogP contribution in [0.2, 0.25) is 5.02 Å². The number of aryl methyl sites for hydroxylation is 1. The van der Waals surface area contributed by atoms with Crippen LogP contribution in [-0.4, -0.2) is 24.5 Å². The van der Waals surface area contributed by atoms with Crippen molar-refractivity contribution in [1.82, 2.24) is 5.32 Å². The molecule has 0 heterocycles.